The molecule has 17 heavy (non-hydrogen) atoms. The van der Waals surface area contributed by atoms with Gasteiger partial charge in [0.25, 0.3) is 0 Å². The first-order chi connectivity index (χ1) is 8.15. The summed E-state index contributed by atoms with van der Waals surface area (Å²) in [7, 11) is 0. The molecule has 1 aromatic rings. The number of benzene rings is 1. The van der Waals surface area contributed by atoms with Gasteiger partial charge in [-0.1, -0.05) is 30.3 Å². The number of amides is 1. The lowest BCUT2D eigenvalue weighted by Crippen LogP contribution is -2.34. The van der Waals surface area contributed by atoms with E-state index in [1.165, 1.54) is 0 Å². The van der Waals surface area contributed by atoms with Crippen LogP contribution in [0, 0.1) is 0 Å². The molecule has 0 saturated carbocycles. The fraction of sp³-hybridized carbons (Fsp3) is 0.300. The monoisotopic (exact) mass is 260 g/mol. The number of halogens is 1. The summed E-state index contributed by atoms with van der Waals surface area (Å²) in [5.74, 6) is 0. The minimum atomic E-state index is -2.77. The molecule has 0 aromatic heterocycles. The van der Waals surface area contributed by atoms with Gasteiger partial charge in [-0.25, -0.2) is 13.5 Å². The quantitative estimate of drug-likeness (QED) is 0.750. The number of carbonyl (C=O) groups is 1. The van der Waals surface area contributed by atoms with E-state index in [9.17, 15) is 17.9 Å². The highest BCUT2D eigenvalue weighted by Gasteiger charge is 2.15. The van der Waals surface area contributed by atoms with Crippen LogP contribution in [0.1, 0.15) is 5.56 Å². The number of nitrogens with zero attached hydrogens (tertiary/aromatic N) is 1. The Labute approximate surface area is 101 Å². The van der Waals surface area contributed by atoms with Crippen LogP contribution in [0.15, 0.2) is 30.3 Å². The third kappa shape index (κ3) is 4.49. The normalized spacial score (nSPS) is 11.9. The van der Waals surface area contributed by atoms with Gasteiger partial charge < -0.3 is 9.29 Å². The molecule has 0 spiro atoms. The molecule has 0 aliphatic heterocycles. The molecule has 1 amide bonds. The van der Waals surface area contributed by atoms with Gasteiger partial charge in [0.1, 0.15) is 0 Å². The zero-order valence-corrected chi connectivity index (χ0v) is 9.69. The standard InChI is InChI=1S/C10H12FNO4S/c11-8-16-10(13)12(17(14)15)7-6-9-4-2-1-3-5-9/h1-5H,6-8H2,(H,14,15)/p-1. The molecule has 0 aliphatic rings. The number of hydrogen-bond donors (Lipinski definition) is 0. The lowest BCUT2D eigenvalue weighted by Gasteiger charge is -2.22. The molecule has 1 rings (SSSR count). The van der Waals surface area contributed by atoms with E-state index in [2.05, 4.69) is 4.74 Å². The molecule has 0 saturated heterocycles. The molecular formula is C10H11FNO4S-. The van der Waals surface area contributed by atoms with Gasteiger partial charge in [-0.2, -0.15) is 0 Å². The second kappa shape index (κ2) is 6.97. The van der Waals surface area contributed by atoms with Crippen molar-refractivity contribution in [2.45, 2.75) is 6.42 Å². The Kier molecular flexibility index (Phi) is 5.58. The van der Waals surface area contributed by atoms with Gasteiger partial charge >= 0.3 is 6.09 Å². The van der Waals surface area contributed by atoms with Crippen molar-refractivity contribution < 1.29 is 22.7 Å². The number of carbonyl (C=O) groups excluding carboxylic acids is 1. The number of rotatable bonds is 5. The summed E-state index contributed by atoms with van der Waals surface area (Å²) < 4.78 is 37.7. The Morgan fingerprint density at radius 2 is 2.06 bits per heavy atom. The number of hydrogen-bond acceptors (Lipinski definition) is 4. The molecule has 7 heteroatoms. The fourth-order valence-corrected chi connectivity index (χ4v) is 1.64. The van der Waals surface area contributed by atoms with E-state index >= 15 is 0 Å². The highest BCUT2D eigenvalue weighted by molar-refractivity contribution is 7.77. The van der Waals surface area contributed by atoms with Crippen molar-refractivity contribution in [2.24, 2.45) is 0 Å². The van der Waals surface area contributed by atoms with Crippen molar-refractivity contribution >= 4 is 17.4 Å². The van der Waals surface area contributed by atoms with Crippen molar-refractivity contribution in [3.63, 3.8) is 0 Å². The maximum absolute atomic E-state index is 11.8. The summed E-state index contributed by atoms with van der Waals surface area (Å²) in [6.45, 7) is -1.43. The molecule has 94 valence electrons. The molecule has 0 N–H and O–H groups in total. The zero-order chi connectivity index (χ0) is 12.7. The summed E-state index contributed by atoms with van der Waals surface area (Å²) in [4.78, 5) is 11.1. The summed E-state index contributed by atoms with van der Waals surface area (Å²) in [6.07, 6.45) is -0.868. The second-order valence-corrected chi connectivity index (χ2v) is 3.95. The van der Waals surface area contributed by atoms with E-state index in [0.717, 1.165) is 5.56 Å². The van der Waals surface area contributed by atoms with Crippen LogP contribution in [0.5, 0.6) is 0 Å². The predicted octanol–water partition coefficient (Wildman–Crippen LogP) is 1.39. The van der Waals surface area contributed by atoms with Crippen LogP contribution in [-0.4, -0.2) is 32.6 Å². The molecular weight excluding hydrogens is 249 g/mol. The van der Waals surface area contributed by atoms with E-state index in [0.29, 0.717) is 10.7 Å². The van der Waals surface area contributed by atoms with Crippen LogP contribution in [-0.2, 0) is 22.4 Å². The third-order valence-corrected chi connectivity index (χ3v) is 2.70. The number of alkyl halides is 1. The molecule has 0 aliphatic carbocycles. The van der Waals surface area contributed by atoms with Gasteiger partial charge in [-0.3, -0.25) is 4.21 Å². The Hall–Kier alpha value is -1.47. The Morgan fingerprint density at radius 3 is 2.59 bits per heavy atom. The predicted molar refractivity (Wildman–Crippen MR) is 58.2 cm³/mol. The summed E-state index contributed by atoms with van der Waals surface area (Å²) >= 11 is -2.77. The summed E-state index contributed by atoms with van der Waals surface area (Å²) in [5, 5.41) is 0. The van der Waals surface area contributed by atoms with E-state index in [1.807, 2.05) is 6.07 Å². The molecule has 0 bridgehead atoms. The highest BCUT2D eigenvalue weighted by atomic mass is 32.2. The molecule has 0 heterocycles. The third-order valence-electron chi connectivity index (χ3n) is 2.01. The van der Waals surface area contributed by atoms with Gasteiger partial charge in [-0.15, -0.1) is 0 Å². The maximum Gasteiger partial charge on any atom is 0.423 e. The van der Waals surface area contributed by atoms with Crippen molar-refractivity contribution in [2.75, 3.05) is 13.4 Å². The second-order valence-electron chi connectivity index (χ2n) is 3.07. The number of ether oxygens (including phenoxy) is 1. The van der Waals surface area contributed by atoms with Crippen LogP contribution >= 0.6 is 0 Å². The summed E-state index contributed by atoms with van der Waals surface area (Å²) in [6, 6.07) is 9.02. The van der Waals surface area contributed by atoms with Gasteiger partial charge in [-0.05, 0) is 12.0 Å². The molecule has 1 aromatic carbocycles. The van der Waals surface area contributed by atoms with Crippen molar-refractivity contribution in [1.82, 2.24) is 4.31 Å². The minimum Gasteiger partial charge on any atom is -0.755 e. The van der Waals surface area contributed by atoms with Gasteiger partial charge in [0.2, 0.25) is 6.86 Å². The average molecular weight is 260 g/mol. The minimum absolute atomic E-state index is 0.0844. The highest BCUT2D eigenvalue weighted by Crippen LogP contribution is 2.04. The Bertz CT molecular complexity index is 387. The van der Waals surface area contributed by atoms with Crippen molar-refractivity contribution in [1.29, 1.82) is 0 Å². The molecule has 1 atom stereocenters. The first kappa shape index (κ1) is 13.6. The fourth-order valence-electron chi connectivity index (χ4n) is 1.22. The van der Waals surface area contributed by atoms with Crippen LogP contribution in [0.4, 0.5) is 9.18 Å². The van der Waals surface area contributed by atoms with Crippen LogP contribution in [0.25, 0.3) is 0 Å². The molecule has 5 nitrogen and oxygen atoms in total. The van der Waals surface area contributed by atoms with Crippen molar-refractivity contribution in [3.8, 4) is 0 Å². The lowest BCUT2D eigenvalue weighted by atomic mass is 10.1. The smallest absolute Gasteiger partial charge is 0.423 e. The first-order valence-corrected chi connectivity index (χ1v) is 5.82. The largest absolute Gasteiger partial charge is 0.755 e. The Morgan fingerprint density at radius 1 is 1.41 bits per heavy atom. The maximum atomic E-state index is 11.8. The van der Waals surface area contributed by atoms with E-state index < -0.39 is 24.2 Å². The van der Waals surface area contributed by atoms with Gasteiger partial charge in [0, 0.05) is 6.54 Å². The Balaban J connectivity index is 2.56. The SMILES string of the molecule is O=C(OCF)N(CCc1ccccc1)S(=O)[O-]. The van der Waals surface area contributed by atoms with Crippen molar-refractivity contribution in [3.05, 3.63) is 35.9 Å². The van der Waals surface area contributed by atoms with Crippen LogP contribution < -0.4 is 0 Å². The van der Waals surface area contributed by atoms with Crippen LogP contribution in [0.2, 0.25) is 0 Å². The van der Waals surface area contributed by atoms with E-state index in [-0.39, 0.29) is 6.54 Å². The van der Waals surface area contributed by atoms with Crippen LogP contribution in [0.3, 0.4) is 0 Å². The van der Waals surface area contributed by atoms with E-state index in [4.69, 9.17) is 0 Å². The topological polar surface area (TPSA) is 69.7 Å². The average Bonchev–Trinajstić information content (AvgIpc) is 2.30. The molecule has 0 fully saturated rings. The zero-order valence-electron chi connectivity index (χ0n) is 8.87. The lowest BCUT2D eigenvalue weighted by molar-refractivity contribution is 0.0820. The van der Waals surface area contributed by atoms with E-state index in [1.54, 1.807) is 24.3 Å². The van der Waals surface area contributed by atoms with Gasteiger partial charge in [0.15, 0.2) is 0 Å². The van der Waals surface area contributed by atoms with Gasteiger partial charge in [0.05, 0.1) is 11.3 Å². The first-order valence-electron chi connectivity index (χ1n) is 4.78. The molecule has 1 unspecified atom stereocenters. The molecule has 0 radical (unpaired) electrons. The summed E-state index contributed by atoms with van der Waals surface area (Å²) in [5.41, 5.74) is 0.871.